The molecular formula is C16H24N4O4. The third kappa shape index (κ3) is 8.14. The Morgan fingerprint density at radius 1 is 1.12 bits per heavy atom. The Bertz CT molecular complexity index is 536. The Hall–Kier alpha value is -2.61. The van der Waals surface area contributed by atoms with E-state index in [0.717, 1.165) is 12.0 Å². The van der Waals surface area contributed by atoms with Gasteiger partial charge in [-0.05, 0) is 31.4 Å². The number of ether oxygens (including phenoxy) is 1. The first-order chi connectivity index (χ1) is 11.5. The average Bonchev–Trinajstić information content (AvgIpc) is 2.58. The van der Waals surface area contributed by atoms with Crippen LogP contribution in [-0.4, -0.2) is 37.0 Å². The molecule has 0 saturated carbocycles. The summed E-state index contributed by atoms with van der Waals surface area (Å²) in [6, 6.07) is 8.38. The largest absolute Gasteiger partial charge is 0.445 e. The third-order valence-electron chi connectivity index (χ3n) is 3.21. The summed E-state index contributed by atoms with van der Waals surface area (Å²) in [7, 11) is 0. The molecule has 1 aromatic rings. The molecule has 1 rings (SSSR count). The van der Waals surface area contributed by atoms with Crippen molar-refractivity contribution in [1.29, 1.82) is 0 Å². The molecule has 0 aliphatic rings. The lowest BCUT2D eigenvalue weighted by atomic mass is 10.1. The van der Waals surface area contributed by atoms with Crippen LogP contribution >= 0.6 is 0 Å². The summed E-state index contributed by atoms with van der Waals surface area (Å²) in [6.45, 7) is 0.312. The van der Waals surface area contributed by atoms with Gasteiger partial charge in [-0.2, -0.15) is 0 Å². The van der Waals surface area contributed by atoms with Gasteiger partial charge in [0.1, 0.15) is 12.6 Å². The van der Waals surface area contributed by atoms with E-state index in [2.05, 4.69) is 10.6 Å². The Morgan fingerprint density at radius 2 is 1.83 bits per heavy atom. The van der Waals surface area contributed by atoms with E-state index in [0.29, 0.717) is 19.4 Å². The molecule has 8 heteroatoms. The molecule has 1 atom stereocenters. The van der Waals surface area contributed by atoms with Crippen LogP contribution in [-0.2, 0) is 20.9 Å². The Labute approximate surface area is 140 Å². The molecule has 8 nitrogen and oxygen atoms in total. The van der Waals surface area contributed by atoms with E-state index in [-0.39, 0.29) is 13.2 Å². The number of primary amides is 1. The van der Waals surface area contributed by atoms with Crippen molar-refractivity contribution < 1.29 is 19.1 Å². The number of rotatable bonds is 10. The number of carbonyl (C=O) groups excluding carboxylic acids is 3. The summed E-state index contributed by atoms with van der Waals surface area (Å²) < 4.78 is 5.09. The second-order valence-corrected chi connectivity index (χ2v) is 5.23. The number of hydrogen-bond acceptors (Lipinski definition) is 5. The number of amides is 3. The maximum atomic E-state index is 12.0. The van der Waals surface area contributed by atoms with Gasteiger partial charge in [0.15, 0.2) is 0 Å². The Balaban J connectivity index is 2.50. The van der Waals surface area contributed by atoms with Gasteiger partial charge in [0.25, 0.3) is 0 Å². The first kappa shape index (κ1) is 19.4. The normalized spacial score (nSPS) is 11.4. The van der Waals surface area contributed by atoms with Gasteiger partial charge >= 0.3 is 6.09 Å². The number of hydrogen-bond donors (Lipinski definition) is 4. The summed E-state index contributed by atoms with van der Waals surface area (Å²) in [6.07, 6.45) is 1.07. The molecule has 0 saturated heterocycles. The lowest BCUT2D eigenvalue weighted by Gasteiger charge is -2.18. The predicted octanol–water partition coefficient (Wildman–Crippen LogP) is 0.0119. The van der Waals surface area contributed by atoms with Crippen molar-refractivity contribution in [1.82, 2.24) is 10.6 Å². The fourth-order valence-corrected chi connectivity index (χ4v) is 1.97. The second-order valence-electron chi connectivity index (χ2n) is 5.23. The van der Waals surface area contributed by atoms with Crippen molar-refractivity contribution in [2.45, 2.75) is 31.9 Å². The van der Waals surface area contributed by atoms with Crippen molar-refractivity contribution in [3.8, 4) is 0 Å². The van der Waals surface area contributed by atoms with Gasteiger partial charge in [0.2, 0.25) is 11.8 Å². The maximum Gasteiger partial charge on any atom is 0.408 e. The molecule has 0 heterocycles. The van der Waals surface area contributed by atoms with Crippen molar-refractivity contribution >= 4 is 17.9 Å². The molecule has 1 aromatic carbocycles. The van der Waals surface area contributed by atoms with E-state index in [1.54, 1.807) is 0 Å². The van der Waals surface area contributed by atoms with Crippen LogP contribution in [0.1, 0.15) is 24.8 Å². The molecule has 0 unspecified atom stereocenters. The maximum absolute atomic E-state index is 12.0. The van der Waals surface area contributed by atoms with Gasteiger partial charge in [-0.25, -0.2) is 4.79 Å². The molecule has 24 heavy (non-hydrogen) atoms. The smallest absolute Gasteiger partial charge is 0.408 e. The second kappa shape index (κ2) is 11.0. The molecular weight excluding hydrogens is 312 g/mol. The highest BCUT2D eigenvalue weighted by Gasteiger charge is 2.21. The van der Waals surface area contributed by atoms with Crippen LogP contribution < -0.4 is 22.1 Å². The fraction of sp³-hybridized carbons (Fsp3) is 0.438. The molecule has 0 spiro atoms. The van der Waals surface area contributed by atoms with Crippen LogP contribution in [0.25, 0.3) is 0 Å². The van der Waals surface area contributed by atoms with Crippen molar-refractivity contribution in [2.75, 3.05) is 13.1 Å². The first-order valence-corrected chi connectivity index (χ1v) is 7.76. The molecule has 0 aliphatic carbocycles. The highest BCUT2D eigenvalue weighted by Crippen LogP contribution is 2.04. The number of unbranched alkanes of at least 4 members (excludes halogenated alkanes) is 1. The average molecular weight is 336 g/mol. The van der Waals surface area contributed by atoms with E-state index in [9.17, 15) is 14.4 Å². The van der Waals surface area contributed by atoms with Gasteiger partial charge in [0.05, 0.1) is 6.54 Å². The zero-order chi connectivity index (χ0) is 17.8. The molecule has 3 amide bonds. The minimum Gasteiger partial charge on any atom is -0.445 e. The molecule has 0 fully saturated rings. The number of alkyl carbamates (subject to hydrolysis) is 1. The van der Waals surface area contributed by atoms with Crippen LogP contribution in [0, 0.1) is 0 Å². The minimum absolute atomic E-state index is 0.102. The molecule has 0 bridgehead atoms. The zero-order valence-electron chi connectivity index (χ0n) is 13.5. The summed E-state index contributed by atoms with van der Waals surface area (Å²) in [5.74, 6) is -1.14. The Morgan fingerprint density at radius 3 is 2.46 bits per heavy atom. The van der Waals surface area contributed by atoms with Crippen molar-refractivity contribution in [2.24, 2.45) is 11.5 Å². The van der Waals surface area contributed by atoms with Crippen LogP contribution in [0.4, 0.5) is 4.79 Å². The minimum atomic E-state index is -0.806. The Kier molecular flexibility index (Phi) is 8.91. The SMILES string of the molecule is NCCCC[C@H](NC(=O)OCc1ccccc1)C(=O)NCC(N)=O. The van der Waals surface area contributed by atoms with E-state index < -0.39 is 23.9 Å². The van der Waals surface area contributed by atoms with Crippen LogP contribution in [0.2, 0.25) is 0 Å². The van der Waals surface area contributed by atoms with Gasteiger partial charge < -0.3 is 26.8 Å². The predicted molar refractivity (Wildman–Crippen MR) is 88.7 cm³/mol. The highest BCUT2D eigenvalue weighted by atomic mass is 16.5. The summed E-state index contributed by atoms with van der Waals surface area (Å²) in [4.78, 5) is 34.7. The molecule has 6 N–H and O–H groups in total. The van der Waals surface area contributed by atoms with Crippen LogP contribution in [0.3, 0.4) is 0 Å². The standard InChI is InChI=1S/C16H24N4O4/c17-9-5-4-8-13(15(22)19-10-14(18)21)20-16(23)24-11-12-6-2-1-3-7-12/h1-3,6-7,13H,4-5,8-11,17H2,(H2,18,21)(H,19,22)(H,20,23)/t13-/m0/s1. The topological polar surface area (TPSA) is 137 Å². The van der Waals surface area contributed by atoms with Gasteiger partial charge in [-0.1, -0.05) is 30.3 Å². The summed E-state index contributed by atoms with van der Waals surface area (Å²) in [5.41, 5.74) is 11.3. The van der Waals surface area contributed by atoms with Crippen LogP contribution in [0.5, 0.6) is 0 Å². The van der Waals surface area contributed by atoms with Crippen LogP contribution in [0.15, 0.2) is 30.3 Å². The molecule has 0 aliphatic heterocycles. The highest BCUT2D eigenvalue weighted by molar-refractivity contribution is 5.88. The molecule has 0 radical (unpaired) electrons. The van der Waals surface area contributed by atoms with E-state index in [1.807, 2.05) is 30.3 Å². The van der Waals surface area contributed by atoms with Gasteiger partial charge in [0, 0.05) is 0 Å². The van der Waals surface area contributed by atoms with E-state index in [1.165, 1.54) is 0 Å². The monoisotopic (exact) mass is 336 g/mol. The fourth-order valence-electron chi connectivity index (χ4n) is 1.97. The summed E-state index contributed by atoms with van der Waals surface area (Å²) in [5, 5.41) is 4.88. The lowest BCUT2D eigenvalue weighted by molar-refractivity contribution is -0.126. The van der Waals surface area contributed by atoms with Crippen molar-refractivity contribution in [3.05, 3.63) is 35.9 Å². The lowest BCUT2D eigenvalue weighted by Crippen LogP contribution is -2.48. The quantitative estimate of drug-likeness (QED) is 0.446. The van der Waals surface area contributed by atoms with E-state index >= 15 is 0 Å². The first-order valence-electron chi connectivity index (χ1n) is 7.76. The number of carbonyl (C=O) groups is 3. The van der Waals surface area contributed by atoms with Gasteiger partial charge in [-0.3, -0.25) is 9.59 Å². The number of benzene rings is 1. The molecule has 132 valence electrons. The number of nitrogens with one attached hydrogen (secondary N) is 2. The number of nitrogens with two attached hydrogens (primary N) is 2. The summed E-state index contributed by atoms with van der Waals surface area (Å²) >= 11 is 0. The van der Waals surface area contributed by atoms with E-state index in [4.69, 9.17) is 16.2 Å². The molecule has 0 aromatic heterocycles. The van der Waals surface area contributed by atoms with Crippen molar-refractivity contribution in [3.63, 3.8) is 0 Å². The van der Waals surface area contributed by atoms with Gasteiger partial charge in [-0.15, -0.1) is 0 Å². The zero-order valence-corrected chi connectivity index (χ0v) is 13.5. The third-order valence-corrected chi connectivity index (χ3v) is 3.21.